The van der Waals surface area contributed by atoms with Crippen molar-refractivity contribution < 1.29 is 18.0 Å². The van der Waals surface area contributed by atoms with Crippen LogP contribution in [0.25, 0.3) is 0 Å². The normalized spacial score (nSPS) is 14.8. The van der Waals surface area contributed by atoms with E-state index in [0.29, 0.717) is 11.3 Å². The lowest BCUT2D eigenvalue weighted by Gasteiger charge is -2.14. The second-order valence-corrected chi connectivity index (χ2v) is 4.92. The number of nitrogens with two attached hydrogens (primary N) is 1. The summed E-state index contributed by atoms with van der Waals surface area (Å²) in [7, 11) is 0. The van der Waals surface area contributed by atoms with Gasteiger partial charge in [-0.15, -0.1) is 0 Å². The fourth-order valence-electron chi connectivity index (χ4n) is 2.39. The van der Waals surface area contributed by atoms with Gasteiger partial charge in [0, 0.05) is 5.69 Å². The summed E-state index contributed by atoms with van der Waals surface area (Å²) in [5, 5.41) is 2.68. The molecule has 0 radical (unpaired) electrons. The first-order chi connectivity index (χ1) is 9.95. The molecule has 1 unspecified atom stereocenters. The van der Waals surface area contributed by atoms with E-state index in [9.17, 15) is 18.0 Å². The second kappa shape index (κ2) is 4.89. The van der Waals surface area contributed by atoms with E-state index in [-0.39, 0.29) is 17.9 Å². The molecule has 3 rings (SSSR count). The number of amides is 1. The van der Waals surface area contributed by atoms with Gasteiger partial charge >= 0.3 is 0 Å². The second-order valence-electron chi connectivity index (χ2n) is 4.92. The lowest BCUT2D eigenvalue weighted by Crippen LogP contribution is -2.13. The van der Waals surface area contributed by atoms with Crippen LogP contribution >= 0.6 is 0 Å². The highest BCUT2D eigenvalue weighted by Gasteiger charge is 2.21. The Hall–Kier alpha value is -2.34. The molecule has 0 fully saturated rings. The Bertz CT molecular complexity index is 723. The van der Waals surface area contributed by atoms with Crippen molar-refractivity contribution in [3.63, 3.8) is 0 Å². The van der Waals surface area contributed by atoms with E-state index in [4.69, 9.17) is 5.73 Å². The Balaban J connectivity index is 1.98. The largest absolute Gasteiger partial charge is 0.326 e. The fraction of sp³-hybridized carbons (Fsp3) is 0.133. The van der Waals surface area contributed by atoms with Crippen LogP contribution in [0.15, 0.2) is 30.3 Å². The Morgan fingerprint density at radius 1 is 1.05 bits per heavy atom. The van der Waals surface area contributed by atoms with Crippen molar-refractivity contribution >= 4 is 11.6 Å². The van der Waals surface area contributed by atoms with E-state index < -0.39 is 23.5 Å². The average molecular weight is 292 g/mol. The quantitative estimate of drug-likeness (QED) is 0.836. The highest BCUT2D eigenvalue weighted by molar-refractivity contribution is 5.99. The molecule has 0 saturated heterocycles. The van der Waals surface area contributed by atoms with Gasteiger partial charge in [0.05, 0.1) is 12.5 Å². The van der Waals surface area contributed by atoms with Gasteiger partial charge < -0.3 is 11.1 Å². The Kier molecular flexibility index (Phi) is 3.17. The Labute approximate surface area is 118 Å². The standard InChI is InChI=1S/C15H11F3N2O/c16-10-4-9(5-11(17)14(10)18)15(19)7-1-2-12-8(3-7)6-13(21)20-12/h1-5,15H,6,19H2,(H,20,21). The van der Waals surface area contributed by atoms with E-state index in [0.717, 1.165) is 17.7 Å². The molecule has 2 aromatic carbocycles. The van der Waals surface area contributed by atoms with Crippen LogP contribution < -0.4 is 11.1 Å². The topological polar surface area (TPSA) is 55.1 Å². The smallest absolute Gasteiger partial charge is 0.228 e. The Morgan fingerprint density at radius 3 is 2.38 bits per heavy atom. The number of nitrogens with one attached hydrogen (secondary N) is 1. The lowest BCUT2D eigenvalue weighted by molar-refractivity contribution is -0.115. The van der Waals surface area contributed by atoms with Gasteiger partial charge in [0.15, 0.2) is 17.5 Å². The molecule has 1 aliphatic heterocycles. The van der Waals surface area contributed by atoms with Gasteiger partial charge in [-0.05, 0) is 34.9 Å². The monoisotopic (exact) mass is 292 g/mol. The highest BCUT2D eigenvalue weighted by Crippen LogP contribution is 2.29. The molecule has 1 heterocycles. The molecule has 21 heavy (non-hydrogen) atoms. The number of benzene rings is 2. The molecule has 0 spiro atoms. The van der Waals surface area contributed by atoms with Gasteiger partial charge in [-0.3, -0.25) is 4.79 Å². The van der Waals surface area contributed by atoms with Crippen LogP contribution in [-0.4, -0.2) is 5.91 Å². The number of carbonyl (C=O) groups is 1. The first kappa shape index (κ1) is 13.6. The number of anilines is 1. The summed E-state index contributed by atoms with van der Waals surface area (Å²) in [6, 6.07) is 5.99. The molecule has 6 heteroatoms. The molecule has 108 valence electrons. The van der Waals surface area contributed by atoms with Crippen LogP contribution in [0.3, 0.4) is 0 Å². The van der Waals surface area contributed by atoms with Crippen molar-refractivity contribution in [2.75, 3.05) is 5.32 Å². The molecule has 0 bridgehead atoms. The summed E-state index contributed by atoms with van der Waals surface area (Å²) in [5.41, 5.74) is 8.17. The fourth-order valence-corrected chi connectivity index (χ4v) is 2.39. The minimum absolute atomic E-state index is 0.116. The summed E-state index contributed by atoms with van der Waals surface area (Å²) in [6.45, 7) is 0. The van der Waals surface area contributed by atoms with Gasteiger partial charge in [0.2, 0.25) is 5.91 Å². The summed E-state index contributed by atoms with van der Waals surface area (Å²) < 4.78 is 39.5. The van der Waals surface area contributed by atoms with Crippen molar-refractivity contribution in [3.05, 3.63) is 64.5 Å². The van der Waals surface area contributed by atoms with E-state index in [1.54, 1.807) is 18.2 Å². The van der Waals surface area contributed by atoms with Crippen LogP contribution in [0.4, 0.5) is 18.9 Å². The summed E-state index contributed by atoms with van der Waals surface area (Å²) in [6.07, 6.45) is 0.238. The molecular weight excluding hydrogens is 281 g/mol. The predicted molar refractivity (Wildman–Crippen MR) is 71.1 cm³/mol. The number of rotatable bonds is 2. The van der Waals surface area contributed by atoms with Gasteiger partial charge in [-0.1, -0.05) is 12.1 Å². The third-order valence-electron chi connectivity index (χ3n) is 3.48. The lowest BCUT2D eigenvalue weighted by atomic mass is 9.97. The first-order valence-electron chi connectivity index (χ1n) is 6.28. The number of carbonyl (C=O) groups excluding carboxylic acids is 1. The maximum Gasteiger partial charge on any atom is 0.228 e. The molecule has 2 aromatic rings. The average Bonchev–Trinajstić information content (AvgIpc) is 2.82. The summed E-state index contributed by atoms with van der Waals surface area (Å²) in [4.78, 5) is 11.3. The molecular formula is C15H11F3N2O. The SMILES string of the molecule is NC(c1cc(F)c(F)c(F)c1)c1ccc2c(c1)CC(=O)N2. The minimum atomic E-state index is -1.52. The molecule has 3 N–H and O–H groups in total. The van der Waals surface area contributed by atoms with Crippen molar-refractivity contribution in [2.24, 2.45) is 5.73 Å². The van der Waals surface area contributed by atoms with Crippen LogP contribution in [0, 0.1) is 17.5 Å². The van der Waals surface area contributed by atoms with E-state index in [1.165, 1.54) is 0 Å². The third-order valence-corrected chi connectivity index (χ3v) is 3.48. The highest BCUT2D eigenvalue weighted by atomic mass is 19.2. The zero-order chi connectivity index (χ0) is 15.1. The van der Waals surface area contributed by atoms with Gasteiger partial charge in [-0.25, -0.2) is 13.2 Å². The van der Waals surface area contributed by atoms with Crippen LogP contribution in [-0.2, 0) is 11.2 Å². The number of hydrogen-bond acceptors (Lipinski definition) is 2. The number of fused-ring (bicyclic) bond motifs is 1. The van der Waals surface area contributed by atoms with Crippen molar-refractivity contribution in [1.29, 1.82) is 0 Å². The Morgan fingerprint density at radius 2 is 1.71 bits per heavy atom. The van der Waals surface area contributed by atoms with Gasteiger partial charge in [0.25, 0.3) is 0 Å². The first-order valence-corrected chi connectivity index (χ1v) is 6.28. The minimum Gasteiger partial charge on any atom is -0.326 e. The molecule has 0 aromatic heterocycles. The maximum atomic E-state index is 13.3. The number of hydrogen-bond donors (Lipinski definition) is 2. The molecule has 0 aliphatic carbocycles. The number of halogens is 3. The van der Waals surface area contributed by atoms with Crippen LogP contribution in [0.1, 0.15) is 22.7 Å². The summed E-state index contributed by atoms with van der Waals surface area (Å²) >= 11 is 0. The van der Waals surface area contributed by atoms with Crippen molar-refractivity contribution in [2.45, 2.75) is 12.5 Å². The van der Waals surface area contributed by atoms with Gasteiger partial charge in [0.1, 0.15) is 0 Å². The zero-order valence-electron chi connectivity index (χ0n) is 10.8. The van der Waals surface area contributed by atoms with Crippen molar-refractivity contribution in [3.8, 4) is 0 Å². The zero-order valence-corrected chi connectivity index (χ0v) is 10.8. The van der Waals surface area contributed by atoms with E-state index >= 15 is 0 Å². The van der Waals surface area contributed by atoms with Crippen molar-refractivity contribution in [1.82, 2.24) is 0 Å². The predicted octanol–water partition coefficient (Wildman–Crippen LogP) is 2.65. The van der Waals surface area contributed by atoms with Gasteiger partial charge in [-0.2, -0.15) is 0 Å². The molecule has 1 amide bonds. The van der Waals surface area contributed by atoms with E-state index in [1.807, 2.05) is 0 Å². The van der Waals surface area contributed by atoms with E-state index in [2.05, 4.69) is 5.32 Å². The molecule has 1 aliphatic rings. The van der Waals surface area contributed by atoms with Crippen LogP contribution in [0.5, 0.6) is 0 Å². The summed E-state index contributed by atoms with van der Waals surface area (Å²) in [5.74, 6) is -4.19. The van der Waals surface area contributed by atoms with Crippen LogP contribution in [0.2, 0.25) is 0 Å². The molecule has 0 saturated carbocycles. The molecule has 3 nitrogen and oxygen atoms in total. The maximum absolute atomic E-state index is 13.3. The third kappa shape index (κ3) is 2.38. The molecule has 1 atom stereocenters.